The van der Waals surface area contributed by atoms with E-state index in [1.807, 2.05) is 50.2 Å². The van der Waals surface area contributed by atoms with Gasteiger partial charge in [-0.25, -0.2) is 0 Å². The number of ether oxygens (including phenoxy) is 2. The second-order valence-electron chi connectivity index (χ2n) is 5.46. The number of carbonyl (C=O) groups is 1. The van der Waals surface area contributed by atoms with Gasteiger partial charge < -0.3 is 14.8 Å². The normalized spacial score (nSPS) is 15.7. The minimum Gasteiger partial charge on any atom is -0.492 e. The van der Waals surface area contributed by atoms with Crippen molar-refractivity contribution >= 4 is 34.2 Å². The first-order valence-electron chi connectivity index (χ1n) is 7.60. The maximum atomic E-state index is 12.5. The van der Waals surface area contributed by atoms with Crippen LogP contribution in [0.2, 0.25) is 0 Å². The van der Waals surface area contributed by atoms with Crippen LogP contribution in [-0.4, -0.2) is 18.6 Å². The zero-order valence-corrected chi connectivity index (χ0v) is 15.2. The lowest BCUT2D eigenvalue weighted by Crippen LogP contribution is -2.14. The topological polar surface area (TPSA) is 47.6 Å². The largest absolute Gasteiger partial charge is 0.492 e. The van der Waals surface area contributed by atoms with Crippen molar-refractivity contribution < 1.29 is 14.3 Å². The first kappa shape index (κ1) is 16.1. The molecular formula is C18H18INO3. The summed E-state index contributed by atoms with van der Waals surface area (Å²) in [6.07, 6.45) is 1.01. The number of carbonyl (C=O) groups excluding carboxylic acids is 1. The smallest absolute Gasteiger partial charge is 0.256 e. The highest BCUT2D eigenvalue weighted by Gasteiger charge is 2.23. The summed E-state index contributed by atoms with van der Waals surface area (Å²) in [4.78, 5) is 12.5. The number of rotatable bonds is 4. The highest BCUT2D eigenvalue weighted by atomic mass is 127. The molecule has 5 heteroatoms. The van der Waals surface area contributed by atoms with Crippen LogP contribution >= 0.6 is 22.6 Å². The zero-order valence-electron chi connectivity index (χ0n) is 13.1. The van der Waals surface area contributed by atoms with E-state index in [1.165, 1.54) is 0 Å². The number of anilines is 1. The van der Waals surface area contributed by atoms with Crippen LogP contribution in [0.5, 0.6) is 11.5 Å². The lowest BCUT2D eigenvalue weighted by molar-refractivity contribution is 0.102. The van der Waals surface area contributed by atoms with Gasteiger partial charge >= 0.3 is 0 Å². The van der Waals surface area contributed by atoms with Crippen molar-refractivity contribution in [3.8, 4) is 11.5 Å². The van der Waals surface area contributed by atoms with Crippen LogP contribution in [0.3, 0.4) is 0 Å². The molecule has 3 rings (SSSR count). The number of amides is 1. The standard InChI is InChI=1S/C18H18INO3/c1-3-22-17-9-12-8-11(2)23-16(12)10-15(17)20-18(21)13-6-4-5-7-14(13)19/h4-7,9-11H,3,8H2,1-2H3,(H,20,21)/t11-/m0/s1. The summed E-state index contributed by atoms with van der Waals surface area (Å²) in [7, 11) is 0. The van der Waals surface area contributed by atoms with Gasteiger partial charge in [-0.3, -0.25) is 4.79 Å². The van der Waals surface area contributed by atoms with Crippen molar-refractivity contribution in [1.29, 1.82) is 0 Å². The fourth-order valence-corrected chi connectivity index (χ4v) is 3.28. The van der Waals surface area contributed by atoms with E-state index >= 15 is 0 Å². The van der Waals surface area contributed by atoms with Gasteiger partial charge in [0.1, 0.15) is 17.6 Å². The number of hydrogen-bond donors (Lipinski definition) is 1. The number of fused-ring (bicyclic) bond motifs is 1. The van der Waals surface area contributed by atoms with Crippen LogP contribution in [0.1, 0.15) is 29.8 Å². The Hall–Kier alpha value is -1.76. The van der Waals surface area contributed by atoms with E-state index in [4.69, 9.17) is 9.47 Å². The predicted octanol–water partition coefficient (Wildman–Crippen LogP) is 4.27. The van der Waals surface area contributed by atoms with Gasteiger partial charge in [0.2, 0.25) is 0 Å². The molecule has 1 atom stereocenters. The van der Waals surface area contributed by atoms with Gasteiger partial charge in [-0.15, -0.1) is 0 Å². The Morgan fingerprint density at radius 3 is 2.91 bits per heavy atom. The molecule has 2 aromatic carbocycles. The fraction of sp³-hybridized carbons (Fsp3) is 0.278. The van der Waals surface area contributed by atoms with Gasteiger partial charge in [0.05, 0.1) is 17.9 Å². The molecule has 1 aliphatic rings. The second kappa shape index (κ2) is 6.78. The molecule has 0 aromatic heterocycles. The molecule has 0 spiro atoms. The van der Waals surface area contributed by atoms with Gasteiger partial charge in [-0.1, -0.05) is 12.1 Å². The van der Waals surface area contributed by atoms with Crippen molar-refractivity contribution in [2.75, 3.05) is 11.9 Å². The Bertz CT molecular complexity index is 745. The minimum absolute atomic E-state index is 0.151. The summed E-state index contributed by atoms with van der Waals surface area (Å²) in [5.41, 5.74) is 2.41. The van der Waals surface area contributed by atoms with E-state index < -0.39 is 0 Å². The summed E-state index contributed by atoms with van der Waals surface area (Å²) in [5, 5.41) is 2.95. The maximum absolute atomic E-state index is 12.5. The molecule has 0 saturated carbocycles. The Morgan fingerprint density at radius 1 is 1.39 bits per heavy atom. The first-order chi connectivity index (χ1) is 11.1. The Labute approximate surface area is 149 Å². The van der Waals surface area contributed by atoms with Gasteiger partial charge in [0.15, 0.2) is 0 Å². The molecule has 1 heterocycles. The van der Waals surface area contributed by atoms with Crippen LogP contribution in [-0.2, 0) is 6.42 Å². The van der Waals surface area contributed by atoms with Crippen LogP contribution in [0.25, 0.3) is 0 Å². The molecule has 1 amide bonds. The molecule has 0 unspecified atom stereocenters. The summed E-state index contributed by atoms with van der Waals surface area (Å²) < 4.78 is 12.4. The Balaban J connectivity index is 1.91. The molecule has 0 radical (unpaired) electrons. The third-order valence-corrected chi connectivity index (χ3v) is 4.61. The van der Waals surface area contributed by atoms with Crippen molar-refractivity contribution in [1.82, 2.24) is 0 Å². The highest BCUT2D eigenvalue weighted by molar-refractivity contribution is 14.1. The molecule has 1 aliphatic heterocycles. The van der Waals surface area contributed by atoms with Gasteiger partial charge in [0.25, 0.3) is 5.91 Å². The first-order valence-corrected chi connectivity index (χ1v) is 8.68. The van der Waals surface area contributed by atoms with Crippen molar-refractivity contribution in [3.05, 3.63) is 51.1 Å². The quantitative estimate of drug-likeness (QED) is 0.748. The second-order valence-corrected chi connectivity index (χ2v) is 6.62. The minimum atomic E-state index is -0.151. The van der Waals surface area contributed by atoms with E-state index in [2.05, 4.69) is 27.9 Å². The summed E-state index contributed by atoms with van der Waals surface area (Å²) in [6, 6.07) is 11.3. The van der Waals surface area contributed by atoms with Crippen molar-refractivity contribution in [2.24, 2.45) is 0 Å². The predicted molar refractivity (Wildman–Crippen MR) is 98.5 cm³/mol. The Morgan fingerprint density at radius 2 is 2.17 bits per heavy atom. The van der Waals surface area contributed by atoms with Crippen LogP contribution in [0.15, 0.2) is 36.4 Å². The molecule has 120 valence electrons. The maximum Gasteiger partial charge on any atom is 0.256 e. The van der Waals surface area contributed by atoms with Crippen LogP contribution in [0, 0.1) is 3.57 Å². The SMILES string of the molecule is CCOc1cc2c(cc1NC(=O)c1ccccc1I)O[C@@H](C)C2. The molecule has 0 fully saturated rings. The van der Waals surface area contributed by atoms with Gasteiger partial charge in [-0.2, -0.15) is 0 Å². The molecule has 0 saturated heterocycles. The lowest BCUT2D eigenvalue weighted by atomic mass is 10.1. The van der Waals surface area contributed by atoms with E-state index in [1.54, 1.807) is 0 Å². The van der Waals surface area contributed by atoms with E-state index in [0.29, 0.717) is 23.6 Å². The zero-order chi connectivity index (χ0) is 16.4. The number of nitrogens with one attached hydrogen (secondary N) is 1. The number of halogens is 1. The third-order valence-electron chi connectivity index (χ3n) is 3.66. The lowest BCUT2D eigenvalue weighted by Gasteiger charge is -2.14. The number of hydrogen-bond acceptors (Lipinski definition) is 3. The number of benzene rings is 2. The molecule has 0 bridgehead atoms. The molecular weight excluding hydrogens is 405 g/mol. The van der Waals surface area contributed by atoms with E-state index in [0.717, 1.165) is 21.3 Å². The van der Waals surface area contributed by atoms with Crippen LogP contribution < -0.4 is 14.8 Å². The summed E-state index contributed by atoms with van der Waals surface area (Å²) in [5.74, 6) is 1.35. The monoisotopic (exact) mass is 423 g/mol. The van der Waals surface area contributed by atoms with Crippen LogP contribution in [0.4, 0.5) is 5.69 Å². The van der Waals surface area contributed by atoms with Crippen molar-refractivity contribution in [2.45, 2.75) is 26.4 Å². The molecule has 4 nitrogen and oxygen atoms in total. The fourth-order valence-electron chi connectivity index (χ4n) is 2.65. The highest BCUT2D eigenvalue weighted by Crippen LogP contribution is 2.38. The van der Waals surface area contributed by atoms with Crippen molar-refractivity contribution in [3.63, 3.8) is 0 Å². The molecule has 23 heavy (non-hydrogen) atoms. The van der Waals surface area contributed by atoms with Gasteiger partial charge in [0, 0.05) is 21.6 Å². The third kappa shape index (κ3) is 3.44. The average molecular weight is 423 g/mol. The molecule has 2 aromatic rings. The summed E-state index contributed by atoms with van der Waals surface area (Å²) in [6.45, 7) is 4.50. The Kier molecular flexibility index (Phi) is 4.75. The van der Waals surface area contributed by atoms with E-state index in [9.17, 15) is 4.79 Å². The van der Waals surface area contributed by atoms with Gasteiger partial charge in [-0.05, 0) is 54.6 Å². The molecule has 0 aliphatic carbocycles. The average Bonchev–Trinajstić information content (AvgIpc) is 2.87. The van der Waals surface area contributed by atoms with E-state index in [-0.39, 0.29) is 12.0 Å². The molecule has 1 N–H and O–H groups in total. The summed E-state index contributed by atoms with van der Waals surface area (Å²) >= 11 is 2.16.